The van der Waals surface area contributed by atoms with Crippen LogP contribution in [0.1, 0.15) is 41.4 Å². The number of hydrogen-bond acceptors (Lipinski definition) is 6. The van der Waals surface area contributed by atoms with E-state index in [0.717, 1.165) is 5.56 Å². The molecule has 3 N–H and O–H groups in total. The highest BCUT2D eigenvalue weighted by molar-refractivity contribution is 6.02. The van der Waals surface area contributed by atoms with Gasteiger partial charge in [-0.2, -0.15) is 0 Å². The third kappa shape index (κ3) is 5.42. The summed E-state index contributed by atoms with van der Waals surface area (Å²) < 4.78 is 5.84. The number of anilines is 1. The summed E-state index contributed by atoms with van der Waals surface area (Å²) in [5.41, 5.74) is 1.09. The molecule has 34 heavy (non-hydrogen) atoms. The monoisotopic (exact) mass is 459 g/mol. The van der Waals surface area contributed by atoms with Crippen molar-refractivity contribution in [3.8, 4) is 17.6 Å². The Bertz CT molecular complexity index is 1270. The standard InChI is InChI=1S/C25H25N5O4/c1-25(2,33)12-11-17-9-10-19-20(13-17)34-15-18(24(32)30(19)3)26-23(31)22-27-21(28-29-22)14-16-7-5-4-6-8-16/h4-10,13,18,33H,14-15H2,1-3H3,(H,26,31)(H,27,28,29). The maximum Gasteiger partial charge on any atom is 0.291 e. The maximum atomic E-state index is 13.0. The fourth-order valence-electron chi connectivity index (χ4n) is 3.40. The SMILES string of the molecule is CN1C(=O)C(NC(=O)c2n[nH]c(Cc3ccccc3)n2)COc2cc(C#CC(C)(C)O)ccc21. The fourth-order valence-corrected chi connectivity index (χ4v) is 3.40. The predicted octanol–water partition coefficient (Wildman–Crippen LogP) is 1.67. The summed E-state index contributed by atoms with van der Waals surface area (Å²) in [6, 6.07) is 13.9. The highest BCUT2D eigenvalue weighted by atomic mass is 16.5. The molecule has 2 amide bonds. The minimum atomic E-state index is -1.13. The lowest BCUT2D eigenvalue weighted by Crippen LogP contribution is -2.49. The minimum absolute atomic E-state index is 0.0488. The number of hydrogen-bond donors (Lipinski definition) is 3. The molecule has 0 saturated carbocycles. The molecule has 0 bridgehead atoms. The molecule has 0 fully saturated rings. The Morgan fingerprint density at radius 3 is 2.79 bits per heavy atom. The zero-order valence-electron chi connectivity index (χ0n) is 19.1. The van der Waals surface area contributed by atoms with Gasteiger partial charge in [-0.05, 0) is 37.6 Å². The molecular weight excluding hydrogens is 434 g/mol. The van der Waals surface area contributed by atoms with Crippen LogP contribution in [0, 0.1) is 11.8 Å². The number of ether oxygens (including phenoxy) is 1. The summed E-state index contributed by atoms with van der Waals surface area (Å²) >= 11 is 0. The number of fused-ring (bicyclic) bond motifs is 1. The van der Waals surface area contributed by atoms with Crippen molar-refractivity contribution in [1.82, 2.24) is 20.5 Å². The van der Waals surface area contributed by atoms with Crippen LogP contribution in [0.2, 0.25) is 0 Å². The lowest BCUT2D eigenvalue weighted by Gasteiger charge is -2.20. The van der Waals surface area contributed by atoms with Crippen LogP contribution in [0.15, 0.2) is 48.5 Å². The second-order valence-electron chi connectivity index (χ2n) is 8.49. The van der Waals surface area contributed by atoms with Crippen LogP contribution in [-0.2, 0) is 11.2 Å². The van der Waals surface area contributed by atoms with E-state index in [1.165, 1.54) is 4.90 Å². The van der Waals surface area contributed by atoms with Crippen LogP contribution >= 0.6 is 0 Å². The van der Waals surface area contributed by atoms with Crippen LogP contribution < -0.4 is 15.0 Å². The van der Waals surface area contributed by atoms with Gasteiger partial charge in [0.05, 0.1) is 5.69 Å². The lowest BCUT2D eigenvalue weighted by atomic mass is 10.1. The summed E-state index contributed by atoms with van der Waals surface area (Å²) in [5, 5.41) is 19.2. The fraction of sp³-hybridized carbons (Fsp3) is 0.280. The molecule has 1 aliphatic rings. The molecule has 1 aliphatic heterocycles. The summed E-state index contributed by atoms with van der Waals surface area (Å²) in [7, 11) is 1.61. The summed E-state index contributed by atoms with van der Waals surface area (Å²) in [6.45, 7) is 3.13. The number of rotatable bonds is 4. The molecule has 2 heterocycles. The molecule has 0 radical (unpaired) electrons. The van der Waals surface area contributed by atoms with Gasteiger partial charge in [0, 0.05) is 19.0 Å². The summed E-state index contributed by atoms with van der Waals surface area (Å²) in [5.74, 6) is 5.69. The van der Waals surface area contributed by atoms with E-state index >= 15 is 0 Å². The van der Waals surface area contributed by atoms with Crippen molar-refractivity contribution >= 4 is 17.5 Å². The van der Waals surface area contributed by atoms with Crippen LogP contribution in [-0.4, -0.2) is 57.4 Å². The first kappa shape index (κ1) is 23.0. The van der Waals surface area contributed by atoms with Crippen LogP contribution in [0.5, 0.6) is 5.75 Å². The van der Waals surface area contributed by atoms with Crippen molar-refractivity contribution < 1.29 is 19.4 Å². The molecule has 2 aromatic carbocycles. The van der Waals surface area contributed by atoms with Gasteiger partial charge in [-0.3, -0.25) is 14.7 Å². The Balaban J connectivity index is 1.45. The Morgan fingerprint density at radius 2 is 2.06 bits per heavy atom. The zero-order chi connectivity index (χ0) is 24.3. The number of nitrogens with zero attached hydrogens (tertiary/aromatic N) is 3. The number of likely N-dealkylation sites (N-methyl/N-ethyl adjacent to an activating group) is 1. The van der Waals surface area contributed by atoms with Crippen molar-refractivity contribution in [3.05, 3.63) is 71.3 Å². The molecule has 174 valence electrons. The molecule has 9 heteroatoms. The molecule has 0 aliphatic carbocycles. The second kappa shape index (κ2) is 9.37. The van der Waals surface area contributed by atoms with Gasteiger partial charge in [-0.15, -0.1) is 5.10 Å². The summed E-state index contributed by atoms with van der Waals surface area (Å²) in [4.78, 5) is 31.4. The smallest absolute Gasteiger partial charge is 0.291 e. The molecule has 0 spiro atoms. The second-order valence-corrected chi connectivity index (χ2v) is 8.49. The number of aromatic nitrogens is 3. The van der Waals surface area contributed by atoms with Gasteiger partial charge in [0.25, 0.3) is 11.8 Å². The average Bonchev–Trinajstić information content (AvgIpc) is 3.24. The van der Waals surface area contributed by atoms with Crippen molar-refractivity contribution in [1.29, 1.82) is 0 Å². The molecule has 1 aromatic heterocycles. The van der Waals surface area contributed by atoms with Crippen LogP contribution in [0.4, 0.5) is 5.69 Å². The van der Waals surface area contributed by atoms with Gasteiger partial charge in [0.15, 0.2) is 0 Å². The van der Waals surface area contributed by atoms with Gasteiger partial charge >= 0.3 is 0 Å². The number of amides is 2. The highest BCUT2D eigenvalue weighted by Crippen LogP contribution is 2.31. The summed E-state index contributed by atoms with van der Waals surface area (Å²) in [6.07, 6.45) is 0.503. The third-order valence-electron chi connectivity index (χ3n) is 5.12. The minimum Gasteiger partial charge on any atom is -0.489 e. The molecule has 3 aromatic rings. The number of aromatic amines is 1. The predicted molar refractivity (Wildman–Crippen MR) is 125 cm³/mol. The molecule has 1 unspecified atom stereocenters. The molecular formula is C25H25N5O4. The first-order valence-corrected chi connectivity index (χ1v) is 10.8. The molecule has 1 atom stereocenters. The molecule has 0 saturated heterocycles. The van der Waals surface area contributed by atoms with E-state index in [2.05, 4.69) is 32.3 Å². The van der Waals surface area contributed by atoms with E-state index in [0.29, 0.717) is 29.2 Å². The first-order valence-electron chi connectivity index (χ1n) is 10.8. The van der Waals surface area contributed by atoms with Crippen molar-refractivity contribution in [2.45, 2.75) is 31.9 Å². The van der Waals surface area contributed by atoms with E-state index in [1.54, 1.807) is 39.1 Å². The first-order chi connectivity index (χ1) is 16.2. The Kier molecular flexibility index (Phi) is 6.34. The van der Waals surface area contributed by atoms with Crippen molar-refractivity contribution in [2.75, 3.05) is 18.6 Å². The van der Waals surface area contributed by atoms with Gasteiger partial charge in [0.1, 0.15) is 29.8 Å². The average molecular weight is 460 g/mol. The van der Waals surface area contributed by atoms with Gasteiger partial charge in [-0.1, -0.05) is 42.2 Å². The number of benzene rings is 2. The van der Waals surface area contributed by atoms with Crippen molar-refractivity contribution in [3.63, 3.8) is 0 Å². The van der Waals surface area contributed by atoms with E-state index in [4.69, 9.17) is 4.74 Å². The molecule has 9 nitrogen and oxygen atoms in total. The van der Waals surface area contributed by atoms with Gasteiger partial charge in [-0.25, -0.2) is 4.98 Å². The maximum absolute atomic E-state index is 13.0. The third-order valence-corrected chi connectivity index (χ3v) is 5.12. The van der Waals surface area contributed by atoms with E-state index in [9.17, 15) is 14.7 Å². The topological polar surface area (TPSA) is 120 Å². The Hall–Kier alpha value is -4.16. The number of carbonyl (C=O) groups is 2. The number of carbonyl (C=O) groups excluding carboxylic acids is 2. The number of nitrogens with one attached hydrogen (secondary N) is 2. The Labute approximate surface area is 197 Å². The lowest BCUT2D eigenvalue weighted by molar-refractivity contribution is -0.120. The van der Waals surface area contributed by atoms with Crippen molar-refractivity contribution in [2.24, 2.45) is 0 Å². The number of H-pyrrole nitrogens is 1. The van der Waals surface area contributed by atoms with E-state index < -0.39 is 17.6 Å². The normalized spacial score (nSPS) is 15.5. The van der Waals surface area contributed by atoms with Gasteiger partial charge in [0.2, 0.25) is 5.82 Å². The Morgan fingerprint density at radius 1 is 1.29 bits per heavy atom. The number of aliphatic hydroxyl groups is 1. The largest absolute Gasteiger partial charge is 0.489 e. The molecule has 4 rings (SSSR count). The van der Waals surface area contributed by atoms with Crippen LogP contribution in [0.3, 0.4) is 0 Å². The quantitative estimate of drug-likeness (QED) is 0.511. The van der Waals surface area contributed by atoms with Crippen LogP contribution in [0.25, 0.3) is 0 Å². The highest BCUT2D eigenvalue weighted by Gasteiger charge is 2.31. The van der Waals surface area contributed by atoms with Gasteiger partial charge < -0.3 is 20.1 Å². The zero-order valence-corrected chi connectivity index (χ0v) is 19.1. The van der Waals surface area contributed by atoms with E-state index in [1.807, 2.05) is 30.3 Å². The van der Waals surface area contributed by atoms with E-state index in [-0.39, 0.29) is 18.3 Å².